The van der Waals surface area contributed by atoms with Crippen LogP contribution >= 0.6 is 24.4 Å². The van der Waals surface area contributed by atoms with E-state index in [1.54, 1.807) is 0 Å². The number of nitrogens with two attached hydrogens (primary N) is 1. The zero-order valence-corrected chi connectivity index (χ0v) is 41.9. The van der Waals surface area contributed by atoms with E-state index in [1.807, 2.05) is 6.07 Å². The number of nitrogens with zero attached hydrogens (tertiary/aromatic N) is 8. The number of aromatic hydroxyl groups is 1. The van der Waals surface area contributed by atoms with E-state index in [2.05, 4.69) is 54.2 Å². The zero-order valence-electron chi connectivity index (χ0n) is 37.0. The molecule has 1 aliphatic rings. The summed E-state index contributed by atoms with van der Waals surface area (Å²) in [6, 6.07) is 16.0. The molecule has 0 aliphatic carbocycles. The molecule has 0 saturated carbocycles. The number of sulfonamides is 1. The van der Waals surface area contributed by atoms with E-state index in [-0.39, 0.29) is 73.4 Å². The zero-order chi connectivity index (χ0) is 54.3. The number of hydrogen-bond acceptors (Lipinski definition) is 29. The van der Waals surface area contributed by atoms with E-state index in [0.717, 1.165) is 53.4 Å². The highest BCUT2D eigenvalue weighted by Crippen LogP contribution is 2.50. The number of likely N-dealkylation sites (N-methyl/N-ethyl adjacent to an activating group) is 1. The van der Waals surface area contributed by atoms with Crippen LogP contribution in [-0.2, 0) is 63.0 Å². The van der Waals surface area contributed by atoms with Gasteiger partial charge in [-0.25, -0.2) is 27.4 Å². The summed E-state index contributed by atoms with van der Waals surface area (Å²) in [5.41, 5.74) is 3.97. The third kappa shape index (κ3) is 12.9. The summed E-state index contributed by atoms with van der Waals surface area (Å²) in [4.78, 5) is -2.30. The summed E-state index contributed by atoms with van der Waals surface area (Å²) < 4.78 is 138. The second kappa shape index (κ2) is 23.2. The third-order valence-electron chi connectivity index (χ3n) is 9.96. The van der Waals surface area contributed by atoms with Gasteiger partial charge in [-0.1, -0.05) is 10.1 Å². The first-order chi connectivity index (χ1) is 34.8. The Bertz CT molecular complexity index is 3670. The van der Waals surface area contributed by atoms with E-state index >= 15 is 0 Å². The largest absolute Gasteiger partial charge is 0.505 e. The summed E-state index contributed by atoms with van der Waals surface area (Å²) in [6.07, 6.45) is -1.39. The number of phenolic OH excluding ortho intramolecular Hbond substituents is 1. The molecule has 1 atom stereocenters. The molecule has 1 unspecified atom stereocenters. The van der Waals surface area contributed by atoms with Gasteiger partial charge in [-0.3, -0.25) is 18.0 Å². The van der Waals surface area contributed by atoms with Crippen molar-refractivity contribution in [3.05, 3.63) is 102 Å². The van der Waals surface area contributed by atoms with Gasteiger partial charge in [0.25, 0.3) is 30.3 Å². The lowest BCUT2D eigenvalue weighted by molar-refractivity contribution is -0.434. The first-order valence-electron chi connectivity index (χ1n) is 19.6. The van der Waals surface area contributed by atoms with Crippen molar-refractivity contribution in [1.82, 2.24) is 4.90 Å². The number of fused-ring (bicyclic) bond motifs is 1. The lowest BCUT2D eigenvalue weighted by Crippen LogP contribution is -2.36. The molecule has 0 bridgehead atoms. The molecule has 0 fully saturated rings. The summed E-state index contributed by atoms with van der Waals surface area (Å²) in [5, 5.41) is 88.2. The van der Waals surface area contributed by atoms with Gasteiger partial charge in [0.15, 0.2) is 34.1 Å². The third-order valence-corrected chi connectivity index (χ3v) is 15.8. The number of anilines is 2. The van der Waals surface area contributed by atoms with Crippen LogP contribution in [0.4, 0.5) is 39.8 Å². The average Bonchev–Trinajstić information content (AvgIpc) is 3.34. The molecule has 5 aromatic carbocycles. The molecule has 0 spiro atoms. The molecule has 6 rings (SSSR count). The second-order valence-electron chi connectivity index (χ2n) is 14.5. The van der Waals surface area contributed by atoms with Crippen molar-refractivity contribution < 1.29 is 91.5 Å². The van der Waals surface area contributed by atoms with Crippen LogP contribution in [0, 0.1) is 11.3 Å². The highest BCUT2D eigenvalue weighted by atomic mass is 32.2. The molecule has 392 valence electrons. The van der Waals surface area contributed by atoms with Crippen molar-refractivity contribution in [1.29, 1.82) is 5.26 Å². The number of allylic oxidation sites excluding steroid dienone is 1. The Morgan fingerprint density at radius 3 is 1.97 bits per heavy atom. The molecule has 10 N–H and O–H groups in total. The maximum atomic E-state index is 13.3. The number of nitriles is 1. The van der Waals surface area contributed by atoms with Crippen molar-refractivity contribution >= 4 is 115 Å². The fraction of sp³-hybridized carbons (Fsp3) is 0.132. The molecular weight excluding hydrogens is 1110 g/mol. The van der Waals surface area contributed by atoms with Gasteiger partial charge in [-0.05, 0) is 91.2 Å². The van der Waals surface area contributed by atoms with Gasteiger partial charge in [0.1, 0.15) is 32.6 Å². The Morgan fingerprint density at radius 2 is 1.36 bits per heavy atom. The number of aliphatic hydroxyl groups excluding tert-OH is 2. The molecule has 30 nitrogen and oxygen atoms in total. The van der Waals surface area contributed by atoms with Crippen molar-refractivity contribution in [2.45, 2.75) is 37.6 Å². The van der Waals surface area contributed by atoms with Gasteiger partial charge in [0, 0.05) is 18.3 Å². The first kappa shape index (κ1) is 56.5. The minimum absolute atomic E-state index is 0.0481. The summed E-state index contributed by atoms with van der Waals surface area (Å²) in [6.45, 7) is 0.918. The monoisotopic (exact) mass is 1140 g/mol. The summed E-state index contributed by atoms with van der Waals surface area (Å²) in [7, 11) is -17.8. The number of nitrogen functional groups attached to an aromatic ring is 1. The Balaban J connectivity index is 1.29. The molecule has 1 heterocycles. The number of rotatable bonds is 21. The fourth-order valence-electron chi connectivity index (χ4n) is 6.38. The van der Waals surface area contributed by atoms with Crippen molar-refractivity contribution in [2.24, 2.45) is 30.7 Å². The predicted octanol–water partition coefficient (Wildman–Crippen LogP) is 7.37. The van der Waals surface area contributed by atoms with Crippen LogP contribution in [0.2, 0.25) is 0 Å². The lowest BCUT2D eigenvalue weighted by atomic mass is 10.0. The van der Waals surface area contributed by atoms with Crippen LogP contribution in [0.25, 0.3) is 10.8 Å². The van der Waals surface area contributed by atoms with Crippen molar-refractivity contribution in [3.8, 4) is 11.8 Å². The van der Waals surface area contributed by atoms with E-state index < -0.39 is 113 Å². The van der Waals surface area contributed by atoms with E-state index in [1.165, 1.54) is 38.2 Å². The van der Waals surface area contributed by atoms with E-state index in [0.29, 0.717) is 6.07 Å². The molecule has 1 aliphatic heterocycles. The second-order valence-corrected chi connectivity index (χ2v) is 22.3. The van der Waals surface area contributed by atoms with Gasteiger partial charge in [-0.2, -0.15) is 32.3 Å². The van der Waals surface area contributed by atoms with Crippen LogP contribution in [-0.4, -0.2) is 99.1 Å². The molecule has 74 heavy (non-hydrogen) atoms. The van der Waals surface area contributed by atoms with Gasteiger partial charge >= 0.3 is 0 Å². The predicted molar refractivity (Wildman–Crippen MR) is 255 cm³/mol. The molecule has 0 radical (unpaired) electrons. The van der Waals surface area contributed by atoms with Gasteiger partial charge in [0.2, 0.25) is 5.88 Å². The maximum absolute atomic E-state index is 13.3. The number of sulfone groups is 1. The van der Waals surface area contributed by atoms with Crippen LogP contribution in [0.1, 0.15) is 6.92 Å². The normalized spacial score (nSPS) is 15.1. The average molecular weight is 1140 g/mol. The van der Waals surface area contributed by atoms with Crippen molar-refractivity contribution in [3.63, 3.8) is 0 Å². The Morgan fingerprint density at radius 1 is 0.770 bits per heavy atom. The number of benzene rings is 5. The number of hydrogen-bond donors (Lipinski definition) is 9. The van der Waals surface area contributed by atoms with Crippen LogP contribution in [0.3, 0.4) is 0 Å². The topological polar surface area (TPSA) is 464 Å². The Kier molecular flexibility index (Phi) is 17.7. The van der Waals surface area contributed by atoms with Gasteiger partial charge < -0.3 is 26.0 Å². The summed E-state index contributed by atoms with van der Waals surface area (Å²) >= 11 is 0.249. The van der Waals surface area contributed by atoms with E-state index in [9.17, 15) is 63.4 Å². The minimum Gasteiger partial charge on any atom is -0.505 e. The molecule has 36 heteroatoms. The fourth-order valence-corrected chi connectivity index (χ4v) is 10.8. The Hall–Kier alpha value is -6.77. The SMILES string of the molecule is CC1=C(C#N)C(O)N(C)C(O)=C1/N=N/c1ccc(NS(=O)(=O)c2ccc(/N=N/c3c(S(=O)(=O)O)cc4cc(SOOO)c(/N=N/c5ccc(S(=O)(=O)CCOSOOO)cc5S(=O)(=O)O)c(N)c4c3O)cc2)cc1. The molecule has 0 aromatic heterocycles. The number of nitrogens with one attached hydrogen (secondary N) is 1. The van der Waals surface area contributed by atoms with Crippen LogP contribution < -0.4 is 10.5 Å². The minimum atomic E-state index is -5.26. The van der Waals surface area contributed by atoms with Gasteiger partial charge in [-0.15, -0.1) is 29.1 Å². The van der Waals surface area contributed by atoms with Crippen LogP contribution in [0.5, 0.6) is 5.75 Å². The molecule has 0 saturated heterocycles. The van der Waals surface area contributed by atoms with Crippen molar-refractivity contribution in [2.75, 3.05) is 29.9 Å². The molecular formula is C38H34N10O20S6. The number of phenols is 1. The number of azo groups is 3. The molecule has 5 aromatic rings. The summed E-state index contributed by atoms with van der Waals surface area (Å²) in [5.74, 6) is -2.25. The standard InChI is InChI=1S/C38H34N10O20S6/c1-19-26(18-39)37(50)48(2)38(51)33(19)44-41-21-3-5-23(6-4-21)47-72(56,57)24-9-7-22(8-10-24)42-46-35-30(74(61,62)63)16-20-15-28(69-67-65-52)34(32(40)31(20)36(35)49)45-43-27-12-11-25(17-29(27)73(58,59)60)71(54,55)14-13-64-70-68-66-53/h3-12,15-17,37,47,49-53H,13-14,40H2,1-2H3,(H,58,59,60)(H,61,62,63)/b44-41+,45-43+,46-42+. The van der Waals surface area contributed by atoms with Gasteiger partial charge in [0.05, 0.1) is 73.2 Å². The number of aliphatic hydroxyl groups is 2. The molecule has 0 amide bonds. The Labute approximate surface area is 426 Å². The van der Waals surface area contributed by atoms with Crippen LogP contribution in [0.15, 0.2) is 157 Å². The first-order valence-corrected chi connectivity index (χ1v) is 27.0. The highest BCUT2D eigenvalue weighted by molar-refractivity contribution is 7.94. The smallest absolute Gasteiger partial charge is 0.296 e. The lowest BCUT2D eigenvalue weighted by Gasteiger charge is -2.29. The van der Waals surface area contributed by atoms with E-state index in [4.69, 9.17) is 20.4 Å². The highest BCUT2D eigenvalue weighted by Gasteiger charge is 2.31. The maximum Gasteiger partial charge on any atom is 0.296 e. The quantitative estimate of drug-likeness (QED) is 0.00658.